The smallest absolute Gasteiger partial charge is 0.387 e. The lowest BCUT2D eigenvalue weighted by Gasteiger charge is -2.13. The number of carbonyl (C=O) groups is 2. The van der Waals surface area contributed by atoms with Gasteiger partial charge in [-0.2, -0.15) is 8.78 Å². The molecule has 0 saturated carbocycles. The second kappa shape index (κ2) is 9.36. The van der Waals surface area contributed by atoms with E-state index in [1.807, 2.05) is 0 Å². The predicted octanol–water partition coefficient (Wildman–Crippen LogP) is -0.0516. The van der Waals surface area contributed by atoms with Crippen LogP contribution in [0.25, 0.3) is 0 Å². The number of nitrogens with one attached hydrogen (secondary N) is 1. The Labute approximate surface area is 141 Å². The molecule has 1 saturated heterocycles. The molecule has 2 rings (SSSR count). The molecule has 1 aromatic rings. The predicted molar refractivity (Wildman–Crippen MR) is 78.3 cm³/mol. The van der Waals surface area contributed by atoms with Crippen LogP contribution in [-0.2, 0) is 9.59 Å². The molecule has 1 aliphatic rings. The first kappa shape index (κ1) is 20.1. The van der Waals surface area contributed by atoms with Crippen LogP contribution in [0.4, 0.5) is 8.78 Å². The number of ether oxygens (including phenoxy) is 1. The van der Waals surface area contributed by atoms with Gasteiger partial charge in [-0.15, -0.1) is 0 Å². The van der Waals surface area contributed by atoms with Crippen LogP contribution in [0.5, 0.6) is 5.75 Å². The molecule has 0 aliphatic carbocycles. The zero-order chi connectivity index (χ0) is 18.3. The van der Waals surface area contributed by atoms with Gasteiger partial charge in [0, 0.05) is 5.02 Å². The Morgan fingerprint density at radius 2 is 2.08 bits per heavy atom. The van der Waals surface area contributed by atoms with Gasteiger partial charge in [0.15, 0.2) is 0 Å². The number of carbonyl (C=O) groups excluding carboxylic acids is 2. The van der Waals surface area contributed by atoms with Crippen molar-refractivity contribution in [1.82, 2.24) is 5.32 Å². The summed E-state index contributed by atoms with van der Waals surface area (Å²) in [5, 5.41) is 22.4. The molecule has 7 nitrogen and oxygen atoms in total. The Morgan fingerprint density at radius 3 is 2.50 bits per heavy atom. The van der Waals surface area contributed by atoms with Crippen molar-refractivity contribution in [3.8, 4) is 5.75 Å². The molecular formula is C14H16ClF2N2O5-. The summed E-state index contributed by atoms with van der Waals surface area (Å²) in [6.07, 6.45) is 0.0434. The molecule has 0 aromatic heterocycles. The van der Waals surface area contributed by atoms with Crippen molar-refractivity contribution in [2.24, 2.45) is 5.73 Å². The van der Waals surface area contributed by atoms with Crippen molar-refractivity contribution in [1.29, 1.82) is 0 Å². The van der Waals surface area contributed by atoms with E-state index in [0.29, 0.717) is 0 Å². The van der Waals surface area contributed by atoms with Crippen molar-refractivity contribution >= 4 is 23.5 Å². The molecular weight excluding hydrogens is 350 g/mol. The number of aliphatic hydroxyl groups is 1. The number of carboxylic acids is 1. The molecule has 2 atom stereocenters. The minimum atomic E-state index is -3.06. The standard InChI is InChI=1S/C9H7ClF2O4.C5H10N2O/c10-5-1-4(7(13)8(14)15)2-6(3-5)16-9(11)12;6-5(8)4-2-1-3-7-4/h1-3,7,9,13H,(H,14,15);4,7H,1-3H2,(H2,6,8)/p-1/t7-;4-/m11/s1. The topological polar surface area (TPSA) is 125 Å². The third kappa shape index (κ3) is 6.65. The van der Waals surface area contributed by atoms with Crippen LogP contribution < -0.4 is 20.9 Å². The number of hydrogen-bond acceptors (Lipinski definition) is 6. The fraction of sp³-hybridized carbons (Fsp3) is 0.429. The van der Waals surface area contributed by atoms with Gasteiger partial charge in [-0.25, -0.2) is 0 Å². The van der Waals surface area contributed by atoms with Crippen LogP contribution in [0.2, 0.25) is 5.02 Å². The zero-order valence-electron chi connectivity index (χ0n) is 12.4. The average molecular weight is 366 g/mol. The molecule has 0 spiro atoms. The minimum absolute atomic E-state index is 0.0338. The molecule has 1 aliphatic heterocycles. The van der Waals surface area contributed by atoms with E-state index < -0.39 is 18.7 Å². The number of rotatable bonds is 5. The van der Waals surface area contributed by atoms with Gasteiger partial charge < -0.3 is 30.8 Å². The normalized spacial score (nSPS) is 17.8. The summed E-state index contributed by atoms with van der Waals surface area (Å²) in [7, 11) is 0. The summed E-state index contributed by atoms with van der Waals surface area (Å²) < 4.78 is 27.8. The van der Waals surface area contributed by atoms with E-state index in [0.717, 1.165) is 37.6 Å². The van der Waals surface area contributed by atoms with Crippen LogP contribution in [0, 0.1) is 0 Å². The highest BCUT2D eigenvalue weighted by Crippen LogP contribution is 2.26. The molecule has 1 heterocycles. The van der Waals surface area contributed by atoms with Crippen LogP contribution in [0.1, 0.15) is 24.5 Å². The maximum absolute atomic E-state index is 11.9. The molecule has 0 radical (unpaired) electrons. The van der Waals surface area contributed by atoms with E-state index in [2.05, 4.69) is 10.1 Å². The first-order chi connectivity index (χ1) is 11.2. The van der Waals surface area contributed by atoms with Crippen molar-refractivity contribution in [3.05, 3.63) is 28.8 Å². The summed E-state index contributed by atoms with van der Waals surface area (Å²) in [6, 6.07) is 3.08. The number of hydrogen-bond donors (Lipinski definition) is 3. The van der Waals surface area contributed by atoms with Gasteiger partial charge in [0.25, 0.3) is 0 Å². The number of nitrogens with two attached hydrogens (primary N) is 1. The molecule has 1 amide bonds. The van der Waals surface area contributed by atoms with E-state index in [9.17, 15) is 23.5 Å². The van der Waals surface area contributed by atoms with Crippen LogP contribution in [0.3, 0.4) is 0 Å². The third-order valence-corrected chi connectivity index (χ3v) is 3.28. The molecule has 134 valence electrons. The number of aliphatic carboxylic acids is 1. The maximum Gasteiger partial charge on any atom is 0.387 e. The lowest BCUT2D eigenvalue weighted by atomic mass is 10.1. The van der Waals surface area contributed by atoms with E-state index in [-0.39, 0.29) is 28.3 Å². The van der Waals surface area contributed by atoms with E-state index in [4.69, 9.17) is 22.4 Å². The second-order valence-corrected chi connectivity index (χ2v) is 5.31. The summed E-state index contributed by atoms with van der Waals surface area (Å²) in [4.78, 5) is 20.7. The molecule has 1 fully saturated rings. The van der Waals surface area contributed by atoms with E-state index in [1.54, 1.807) is 0 Å². The Bertz CT molecular complexity index is 582. The van der Waals surface area contributed by atoms with Gasteiger partial charge in [-0.05, 0) is 43.1 Å². The Hall–Kier alpha value is -1.97. The van der Waals surface area contributed by atoms with Gasteiger partial charge in [0.05, 0.1) is 12.0 Å². The largest absolute Gasteiger partial charge is 0.547 e. The Balaban J connectivity index is 0.000000300. The number of alkyl halides is 2. The number of benzene rings is 1. The Kier molecular flexibility index (Phi) is 7.83. The van der Waals surface area contributed by atoms with Crippen LogP contribution >= 0.6 is 11.6 Å². The molecule has 4 N–H and O–H groups in total. The van der Waals surface area contributed by atoms with E-state index >= 15 is 0 Å². The van der Waals surface area contributed by atoms with Gasteiger partial charge in [-0.3, -0.25) is 4.79 Å². The summed E-state index contributed by atoms with van der Waals surface area (Å²) >= 11 is 5.53. The maximum atomic E-state index is 11.9. The molecule has 0 bridgehead atoms. The molecule has 10 heteroatoms. The van der Waals surface area contributed by atoms with Gasteiger partial charge in [-0.1, -0.05) is 11.6 Å². The number of primary amides is 1. The number of carboxylic acid groups (broad SMARTS) is 1. The van der Waals surface area contributed by atoms with Gasteiger partial charge in [0.1, 0.15) is 11.9 Å². The number of halogens is 3. The summed E-state index contributed by atoms with van der Waals surface area (Å²) in [6.45, 7) is -2.13. The SMILES string of the molecule is NC(=O)[C@H]1CCCN1.O=C([O-])[C@H](O)c1cc(Cl)cc(OC(F)F)c1. The van der Waals surface area contributed by atoms with Crippen LogP contribution in [-0.4, -0.2) is 36.2 Å². The minimum Gasteiger partial charge on any atom is -0.547 e. The van der Waals surface area contributed by atoms with Crippen molar-refractivity contribution in [3.63, 3.8) is 0 Å². The Morgan fingerprint density at radius 1 is 1.42 bits per heavy atom. The highest BCUT2D eigenvalue weighted by molar-refractivity contribution is 6.30. The lowest BCUT2D eigenvalue weighted by Crippen LogP contribution is -2.36. The van der Waals surface area contributed by atoms with Crippen molar-refractivity contribution in [2.45, 2.75) is 31.6 Å². The van der Waals surface area contributed by atoms with Gasteiger partial charge >= 0.3 is 6.61 Å². The summed E-state index contributed by atoms with van der Waals surface area (Å²) in [5.41, 5.74) is 4.80. The van der Waals surface area contributed by atoms with E-state index in [1.165, 1.54) is 0 Å². The quantitative estimate of drug-likeness (QED) is 0.672. The highest BCUT2D eigenvalue weighted by atomic mass is 35.5. The number of amides is 1. The van der Waals surface area contributed by atoms with Crippen molar-refractivity contribution in [2.75, 3.05) is 6.54 Å². The highest BCUT2D eigenvalue weighted by Gasteiger charge is 2.18. The number of aliphatic hydroxyl groups excluding tert-OH is 1. The zero-order valence-corrected chi connectivity index (χ0v) is 13.1. The summed E-state index contributed by atoms with van der Waals surface area (Å²) in [5.74, 6) is -2.31. The lowest BCUT2D eigenvalue weighted by molar-refractivity contribution is -0.315. The molecule has 0 unspecified atom stereocenters. The fourth-order valence-electron chi connectivity index (χ4n) is 1.98. The average Bonchev–Trinajstić information content (AvgIpc) is 3.00. The van der Waals surface area contributed by atoms with Crippen LogP contribution in [0.15, 0.2) is 18.2 Å². The second-order valence-electron chi connectivity index (χ2n) is 4.87. The first-order valence-corrected chi connectivity index (χ1v) is 7.25. The molecule has 1 aromatic carbocycles. The van der Waals surface area contributed by atoms with Gasteiger partial charge in [0.2, 0.25) is 5.91 Å². The fourth-order valence-corrected chi connectivity index (χ4v) is 2.21. The molecule has 24 heavy (non-hydrogen) atoms. The first-order valence-electron chi connectivity index (χ1n) is 6.87. The van der Waals surface area contributed by atoms with Crippen molar-refractivity contribution < 1.29 is 33.3 Å². The third-order valence-electron chi connectivity index (χ3n) is 3.06. The monoisotopic (exact) mass is 365 g/mol.